The molecule has 16 heavy (non-hydrogen) atoms. The third-order valence-electron chi connectivity index (χ3n) is 1.34. The monoisotopic (exact) mass is 314 g/mol. The Balaban J connectivity index is -0.000000292. The van der Waals surface area contributed by atoms with Crippen molar-refractivity contribution in [2.75, 3.05) is 13.4 Å². The van der Waals surface area contributed by atoms with Crippen molar-refractivity contribution in [3.8, 4) is 0 Å². The first-order valence-electron chi connectivity index (χ1n) is 4.13. The van der Waals surface area contributed by atoms with Gasteiger partial charge in [-0.15, -0.1) is 10.1 Å². The van der Waals surface area contributed by atoms with Crippen molar-refractivity contribution in [2.45, 2.75) is 19.8 Å². The number of aliphatic carboxylic acids is 1. The van der Waals surface area contributed by atoms with Crippen molar-refractivity contribution >= 4 is 5.97 Å². The second kappa shape index (κ2) is 14.7. The summed E-state index contributed by atoms with van der Waals surface area (Å²) < 4.78 is 4.69. The Labute approximate surface area is 118 Å². The Bertz CT molecular complexity index is 186. The maximum absolute atomic E-state index is 10.1. The van der Waals surface area contributed by atoms with Crippen molar-refractivity contribution in [2.24, 2.45) is 5.92 Å². The van der Waals surface area contributed by atoms with E-state index in [2.05, 4.69) is 0 Å². The van der Waals surface area contributed by atoms with E-state index in [0.29, 0.717) is 13.0 Å². The predicted octanol–water partition coefficient (Wildman–Crippen LogP) is 0.104. The maximum Gasteiger partial charge on any atom is 0.303 e. The molecule has 0 aliphatic rings. The van der Waals surface area contributed by atoms with E-state index in [4.69, 9.17) is 30.3 Å². The molecule has 0 heterocycles. The largest absolute Gasteiger partial charge is 0.481 e. The number of carbonyl (C=O) groups is 1. The van der Waals surface area contributed by atoms with E-state index in [1.807, 2.05) is 6.92 Å². The van der Waals surface area contributed by atoms with E-state index in [0.717, 1.165) is 0 Å². The van der Waals surface area contributed by atoms with Crippen molar-refractivity contribution in [3.63, 3.8) is 0 Å². The fraction of sp³-hybridized carbons (Fsp3) is 0.857. The molecule has 0 fully saturated rings. The molecule has 1 radical (unpaired) electrons. The third kappa shape index (κ3) is 29.2. The number of carboxylic acid groups (broad SMARTS) is 1. The summed E-state index contributed by atoms with van der Waals surface area (Å²) in [5, 5.41) is 30.2. The quantitative estimate of drug-likeness (QED) is 0.360. The van der Waals surface area contributed by atoms with Crippen LogP contribution in [0.4, 0.5) is 0 Å². The molecule has 8 nitrogen and oxygen atoms in total. The molecule has 0 aromatic carbocycles. The van der Waals surface area contributed by atoms with E-state index < -0.39 is 11.1 Å². The van der Waals surface area contributed by atoms with Gasteiger partial charge < -0.3 is 20.2 Å². The molecule has 0 saturated heterocycles. The fourth-order valence-corrected chi connectivity index (χ4v) is 0.707. The van der Waals surface area contributed by atoms with Crippen molar-refractivity contribution in [1.29, 1.82) is 0 Å². The summed E-state index contributed by atoms with van der Waals surface area (Å²) in [6.07, 6.45) is 0.755. The summed E-state index contributed by atoms with van der Waals surface area (Å²) in [5.74, 6) is -0.598. The van der Waals surface area contributed by atoms with Crippen LogP contribution in [0.5, 0.6) is 0 Å². The minimum atomic E-state index is -1.50. The molecule has 9 heteroatoms. The fourth-order valence-electron chi connectivity index (χ4n) is 0.707. The van der Waals surface area contributed by atoms with Gasteiger partial charge in [-0.3, -0.25) is 4.79 Å². The first kappa shape index (κ1) is 21.0. The van der Waals surface area contributed by atoms with Gasteiger partial charge in [0.2, 0.25) is 0 Å². The van der Waals surface area contributed by atoms with E-state index >= 15 is 0 Å². The summed E-state index contributed by atoms with van der Waals surface area (Å²) in [7, 11) is 0. The van der Waals surface area contributed by atoms with Gasteiger partial charge in [0, 0.05) is 39.1 Å². The SMILES string of the molecule is CC(CCC(=O)O)COCO.O=[N+]([O-])O.[Y]. The number of hydrogen-bond donors (Lipinski definition) is 3. The predicted molar refractivity (Wildman–Crippen MR) is 47.9 cm³/mol. The normalized spacial score (nSPS) is 10.4. The van der Waals surface area contributed by atoms with Gasteiger partial charge in [0.15, 0.2) is 0 Å². The van der Waals surface area contributed by atoms with Gasteiger partial charge >= 0.3 is 5.97 Å². The van der Waals surface area contributed by atoms with Crippen LogP contribution in [0.1, 0.15) is 19.8 Å². The average molecular weight is 314 g/mol. The molecule has 0 saturated carbocycles. The summed E-state index contributed by atoms with van der Waals surface area (Å²) >= 11 is 0. The number of aliphatic hydroxyl groups is 1. The summed E-state index contributed by atoms with van der Waals surface area (Å²) in [6.45, 7) is 2.01. The molecule has 0 aromatic heterocycles. The zero-order valence-corrected chi connectivity index (χ0v) is 11.7. The Morgan fingerprint density at radius 2 is 2.00 bits per heavy atom. The molecular formula is C7H15NO7Y. The van der Waals surface area contributed by atoms with Crippen LogP contribution in [0.25, 0.3) is 0 Å². The average Bonchev–Trinajstić information content (AvgIpc) is 2.10. The van der Waals surface area contributed by atoms with Gasteiger partial charge in [0.05, 0.1) is 6.61 Å². The molecule has 0 spiro atoms. The van der Waals surface area contributed by atoms with Gasteiger partial charge in [-0.2, -0.15) is 0 Å². The molecule has 0 aliphatic carbocycles. The zero-order valence-electron chi connectivity index (χ0n) is 8.90. The number of carboxylic acids is 1. The van der Waals surface area contributed by atoms with Crippen molar-refractivity contribution < 1.29 is 62.7 Å². The van der Waals surface area contributed by atoms with E-state index in [1.54, 1.807) is 0 Å². The van der Waals surface area contributed by atoms with Gasteiger partial charge in [-0.1, -0.05) is 6.92 Å². The molecule has 1 unspecified atom stereocenters. The minimum Gasteiger partial charge on any atom is -0.481 e. The zero-order chi connectivity index (χ0) is 12.3. The Morgan fingerprint density at radius 3 is 2.31 bits per heavy atom. The molecular weight excluding hydrogens is 299 g/mol. The summed E-state index contributed by atoms with van der Waals surface area (Å²) in [6, 6.07) is 0. The smallest absolute Gasteiger partial charge is 0.303 e. The van der Waals surface area contributed by atoms with Crippen LogP contribution in [-0.2, 0) is 42.2 Å². The number of hydrogen-bond acceptors (Lipinski definition) is 5. The summed E-state index contributed by atoms with van der Waals surface area (Å²) in [5.41, 5.74) is 0. The molecule has 3 N–H and O–H groups in total. The van der Waals surface area contributed by atoms with E-state index in [1.165, 1.54) is 0 Å². The maximum atomic E-state index is 10.1. The Hall–Kier alpha value is -0.306. The van der Waals surface area contributed by atoms with Crippen LogP contribution in [0.15, 0.2) is 0 Å². The van der Waals surface area contributed by atoms with Gasteiger partial charge in [-0.25, -0.2) is 0 Å². The molecule has 93 valence electrons. The molecule has 0 aliphatic heterocycles. The van der Waals surface area contributed by atoms with Crippen molar-refractivity contribution in [1.82, 2.24) is 0 Å². The molecule has 0 amide bonds. The van der Waals surface area contributed by atoms with Crippen molar-refractivity contribution in [3.05, 3.63) is 10.1 Å². The summed E-state index contributed by atoms with van der Waals surface area (Å²) in [4.78, 5) is 18.4. The number of rotatable bonds is 6. The number of aliphatic hydroxyl groups excluding tert-OH is 1. The van der Waals surface area contributed by atoms with Crippen LogP contribution in [0.3, 0.4) is 0 Å². The number of ether oxygens (including phenoxy) is 1. The molecule has 0 aromatic rings. The van der Waals surface area contributed by atoms with Gasteiger partial charge in [0.1, 0.15) is 6.79 Å². The Morgan fingerprint density at radius 1 is 1.56 bits per heavy atom. The van der Waals surface area contributed by atoms with Gasteiger partial charge in [0.25, 0.3) is 5.09 Å². The number of nitrogens with zero attached hydrogens (tertiary/aromatic N) is 1. The third-order valence-corrected chi connectivity index (χ3v) is 1.34. The standard InChI is InChI=1S/C7H14O4.HNO3.Y/c1-6(4-11-5-8)2-3-7(9)10;2-1(3)4;/h6,8H,2-5H2,1H3,(H,9,10);(H,2,3,4);. The molecule has 1 atom stereocenters. The van der Waals surface area contributed by atoms with Crippen LogP contribution in [-0.4, -0.2) is 39.9 Å². The first-order valence-corrected chi connectivity index (χ1v) is 4.13. The van der Waals surface area contributed by atoms with E-state index in [-0.39, 0.29) is 51.8 Å². The second-order valence-electron chi connectivity index (χ2n) is 2.78. The topological polar surface area (TPSA) is 130 Å². The Kier molecular flexibility index (Phi) is 19.3. The minimum absolute atomic E-state index is 0. The second-order valence-corrected chi connectivity index (χ2v) is 2.78. The van der Waals surface area contributed by atoms with E-state index in [9.17, 15) is 4.79 Å². The van der Waals surface area contributed by atoms with Crippen LogP contribution < -0.4 is 0 Å². The first-order chi connectivity index (χ1) is 6.90. The molecule has 0 bridgehead atoms. The van der Waals surface area contributed by atoms with Crippen LogP contribution >= 0.6 is 0 Å². The van der Waals surface area contributed by atoms with Crippen LogP contribution in [0.2, 0.25) is 0 Å². The van der Waals surface area contributed by atoms with Crippen LogP contribution in [0, 0.1) is 16.0 Å². The molecule has 0 rings (SSSR count). The van der Waals surface area contributed by atoms with Gasteiger partial charge in [-0.05, 0) is 12.3 Å².